The van der Waals surface area contributed by atoms with Crippen LogP contribution in [0.15, 0.2) is 24.3 Å². The summed E-state index contributed by atoms with van der Waals surface area (Å²) in [7, 11) is 0. The van der Waals surface area contributed by atoms with Crippen molar-refractivity contribution in [2.45, 2.75) is 51.6 Å². The molecule has 2 unspecified atom stereocenters. The average Bonchev–Trinajstić information content (AvgIpc) is 2.49. The maximum Gasteiger partial charge on any atom is 0.223 e. The molecule has 0 radical (unpaired) electrons. The molecule has 1 aromatic rings. The van der Waals surface area contributed by atoms with E-state index in [-0.39, 0.29) is 18.0 Å². The summed E-state index contributed by atoms with van der Waals surface area (Å²) in [5, 5.41) is 0. The lowest BCUT2D eigenvalue weighted by atomic mass is 9.90. The van der Waals surface area contributed by atoms with Gasteiger partial charge in [0.2, 0.25) is 5.91 Å². The standard InChI is InChI=1S/C17H26N2O2/c1-3-10-19-16(20)9-8-15(18)17(19)13-6-5-7-14(12-13)21-11-4-2/h5-7,12,15,17H,3-4,8-11,18H2,1-2H3. The predicted molar refractivity (Wildman–Crippen MR) is 84.2 cm³/mol. The van der Waals surface area contributed by atoms with E-state index in [0.29, 0.717) is 13.0 Å². The van der Waals surface area contributed by atoms with Crippen LogP contribution in [0.5, 0.6) is 5.75 Å². The lowest BCUT2D eigenvalue weighted by Crippen LogP contribution is -2.49. The minimum absolute atomic E-state index is 0.00400. The minimum atomic E-state index is -0.0311. The van der Waals surface area contributed by atoms with Crippen molar-refractivity contribution in [3.8, 4) is 5.75 Å². The van der Waals surface area contributed by atoms with Crippen molar-refractivity contribution < 1.29 is 9.53 Å². The van der Waals surface area contributed by atoms with Crippen LogP contribution in [0, 0.1) is 0 Å². The fraction of sp³-hybridized carbons (Fsp3) is 0.588. The molecule has 1 aliphatic rings. The maximum absolute atomic E-state index is 12.2. The first kappa shape index (κ1) is 15.8. The largest absolute Gasteiger partial charge is 0.494 e. The Morgan fingerprint density at radius 2 is 2.14 bits per heavy atom. The highest BCUT2D eigenvalue weighted by Gasteiger charge is 2.34. The van der Waals surface area contributed by atoms with E-state index in [2.05, 4.69) is 13.8 Å². The lowest BCUT2D eigenvalue weighted by molar-refractivity contribution is -0.137. The van der Waals surface area contributed by atoms with Crippen LogP contribution in [0.2, 0.25) is 0 Å². The number of hydrogen-bond donors (Lipinski definition) is 1. The van der Waals surface area contributed by atoms with Crippen LogP contribution >= 0.6 is 0 Å². The first-order valence-electron chi connectivity index (χ1n) is 7.95. The third-order valence-corrected chi connectivity index (χ3v) is 3.89. The summed E-state index contributed by atoms with van der Waals surface area (Å²) in [6.45, 7) is 5.64. The number of likely N-dealkylation sites (tertiary alicyclic amines) is 1. The van der Waals surface area contributed by atoms with Crippen molar-refractivity contribution >= 4 is 5.91 Å². The number of amides is 1. The number of benzene rings is 1. The SMILES string of the molecule is CCCOc1cccc(C2C(N)CCC(=O)N2CCC)c1. The third-order valence-electron chi connectivity index (χ3n) is 3.89. The van der Waals surface area contributed by atoms with Crippen molar-refractivity contribution in [2.24, 2.45) is 5.73 Å². The first-order chi connectivity index (χ1) is 10.2. The average molecular weight is 290 g/mol. The van der Waals surface area contributed by atoms with Gasteiger partial charge in [0.25, 0.3) is 0 Å². The van der Waals surface area contributed by atoms with E-state index in [4.69, 9.17) is 10.5 Å². The molecule has 1 saturated heterocycles. The van der Waals surface area contributed by atoms with Crippen molar-refractivity contribution in [3.05, 3.63) is 29.8 Å². The fourth-order valence-corrected chi connectivity index (χ4v) is 2.92. The Morgan fingerprint density at radius 3 is 2.86 bits per heavy atom. The van der Waals surface area contributed by atoms with Gasteiger partial charge < -0.3 is 15.4 Å². The summed E-state index contributed by atoms with van der Waals surface area (Å²) in [5.74, 6) is 1.07. The number of nitrogens with zero attached hydrogens (tertiary/aromatic N) is 1. The van der Waals surface area contributed by atoms with E-state index >= 15 is 0 Å². The molecule has 4 nitrogen and oxygen atoms in total. The van der Waals surface area contributed by atoms with Gasteiger partial charge in [-0.25, -0.2) is 0 Å². The molecule has 4 heteroatoms. The van der Waals surface area contributed by atoms with Crippen LogP contribution in [-0.2, 0) is 4.79 Å². The van der Waals surface area contributed by atoms with Gasteiger partial charge in [-0.15, -0.1) is 0 Å². The number of rotatable bonds is 6. The normalized spacial score (nSPS) is 22.4. The Hall–Kier alpha value is -1.55. The number of carbonyl (C=O) groups excluding carboxylic acids is 1. The second kappa shape index (κ2) is 7.46. The van der Waals surface area contributed by atoms with Gasteiger partial charge in [-0.1, -0.05) is 26.0 Å². The molecule has 2 N–H and O–H groups in total. The minimum Gasteiger partial charge on any atom is -0.494 e. The summed E-state index contributed by atoms with van der Waals surface area (Å²) in [6.07, 6.45) is 3.24. The lowest BCUT2D eigenvalue weighted by Gasteiger charge is -2.40. The smallest absolute Gasteiger partial charge is 0.223 e. The Bertz CT molecular complexity index is 476. The molecule has 1 aliphatic heterocycles. The van der Waals surface area contributed by atoms with Crippen LogP contribution in [0.1, 0.15) is 51.1 Å². The monoisotopic (exact) mass is 290 g/mol. The summed E-state index contributed by atoms with van der Waals surface area (Å²) in [4.78, 5) is 14.1. The van der Waals surface area contributed by atoms with Crippen molar-refractivity contribution in [3.63, 3.8) is 0 Å². The van der Waals surface area contributed by atoms with Crippen LogP contribution in [0.25, 0.3) is 0 Å². The Kier molecular flexibility index (Phi) is 5.62. The molecule has 0 saturated carbocycles. The summed E-state index contributed by atoms with van der Waals surface area (Å²) in [6, 6.07) is 7.98. The van der Waals surface area contributed by atoms with Crippen molar-refractivity contribution in [1.82, 2.24) is 4.90 Å². The highest BCUT2D eigenvalue weighted by Crippen LogP contribution is 2.32. The molecule has 0 spiro atoms. The zero-order valence-corrected chi connectivity index (χ0v) is 13.0. The van der Waals surface area contributed by atoms with Gasteiger partial charge in [0.15, 0.2) is 0 Å². The summed E-state index contributed by atoms with van der Waals surface area (Å²) < 4.78 is 5.70. The molecule has 1 fully saturated rings. The molecule has 0 bridgehead atoms. The van der Waals surface area contributed by atoms with Gasteiger partial charge in [-0.2, -0.15) is 0 Å². The van der Waals surface area contributed by atoms with Gasteiger partial charge >= 0.3 is 0 Å². The van der Waals surface area contributed by atoms with E-state index in [1.165, 1.54) is 0 Å². The van der Waals surface area contributed by atoms with Crippen LogP contribution in [-0.4, -0.2) is 30.0 Å². The number of nitrogens with two attached hydrogens (primary N) is 1. The van der Waals surface area contributed by atoms with Gasteiger partial charge in [-0.05, 0) is 37.0 Å². The van der Waals surface area contributed by atoms with Crippen LogP contribution < -0.4 is 10.5 Å². The predicted octanol–water partition coefficient (Wildman–Crippen LogP) is 2.88. The van der Waals surface area contributed by atoms with Crippen molar-refractivity contribution in [1.29, 1.82) is 0 Å². The maximum atomic E-state index is 12.2. The van der Waals surface area contributed by atoms with E-state index in [0.717, 1.165) is 37.1 Å². The molecule has 2 rings (SSSR count). The summed E-state index contributed by atoms with van der Waals surface area (Å²) >= 11 is 0. The molecular formula is C17H26N2O2. The topological polar surface area (TPSA) is 55.6 Å². The molecule has 0 aliphatic carbocycles. The number of carbonyl (C=O) groups is 1. The number of hydrogen-bond acceptors (Lipinski definition) is 3. The Morgan fingerprint density at radius 1 is 1.33 bits per heavy atom. The van der Waals surface area contributed by atoms with Crippen LogP contribution in [0.3, 0.4) is 0 Å². The molecular weight excluding hydrogens is 264 g/mol. The van der Waals surface area contributed by atoms with Gasteiger partial charge in [0, 0.05) is 19.0 Å². The molecule has 21 heavy (non-hydrogen) atoms. The number of ether oxygens (including phenoxy) is 1. The first-order valence-corrected chi connectivity index (χ1v) is 7.95. The molecule has 0 aromatic heterocycles. The Labute approximate surface area is 127 Å². The molecule has 1 heterocycles. The fourth-order valence-electron chi connectivity index (χ4n) is 2.92. The van der Waals surface area contributed by atoms with E-state index < -0.39 is 0 Å². The van der Waals surface area contributed by atoms with Gasteiger partial charge in [-0.3, -0.25) is 4.79 Å². The van der Waals surface area contributed by atoms with E-state index in [1.807, 2.05) is 29.2 Å². The van der Waals surface area contributed by atoms with E-state index in [9.17, 15) is 4.79 Å². The van der Waals surface area contributed by atoms with Crippen molar-refractivity contribution in [2.75, 3.05) is 13.2 Å². The summed E-state index contributed by atoms with van der Waals surface area (Å²) in [5.41, 5.74) is 7.39. The Balaban J connectivity index is 2.25. The third kappa shape index (κ3) is 3.76. The molecule has 2 atom stereocenters. The van der Waals surface area contributed by atoms with Gasteiger partial charge in [0.1, 0.15) is 5.75 Å². The second-order valence-corrected chi connectivity index (χ2v) is 5.66. The van der Waals surface area contributed by atoms with E-state index in [1.54, 1.807) is 0 Å². The second-order valence-electron chi connectivity index (χ2n) is 5.66. The molecule has 1 aromatic carbocycles. The zero-order valence-electron chi connectivity index (χ0n) is 13.0. The number of piperidine rings is 1. The highest BCUT2D eigenvalue weighted by atomic mass is 16.5. The zero-order chi connectivity index (χ0) is 15.2. The van der Waals surface area contributed by atoms with Crippen LogP contribution in [0.4, 0.5) is 0 Å². The quantitative estimate of drug-likeness (QED) is 0.876. The molecule has 116 valence electrons. The van der Waals surface area contributed by atoms with Gasteiger partial charge in [0.05, 0.1) is 12.6 Å². The molecule has 1 amide bonds. The highest BCUT2D eigenvalue weighted by molar-refractivity contribution is 5.78.